The van der Waals surface area contributed by atoms with Crippen molar-refractivity contribution in [2.45, 2.75) is 26.9 Å². The molecule has 6 heteroatoms. The van der Waals surface area contributed by atoms with Crippen molar-refractivity contribution < 1.29 is 18.7 Å². The first-order valence-electron chi connectivity index (χ1n) is 8.40. The zero-order valence-corrected chi connectivity index (χ0v) is 16.9. The van der Waals surface area contributed by atoms with E-state index in [1.165, 1.54) is 7.11 Å². The maximum atomic E-state index is 12.3. The van der Waals surface area contributed by atoms with Crippen LogP contribution < -0.4 is 10.4 Å². The van der Waals surface area contributed by atoms with Gasteiger partial charge in [-0.15, -0.1) is 0 Å². The summed E-state index contributed by atoms with van der Waals surface area (Å²) in [5.41, 5.74) is 2.78. The summed E-state index contributed by atoms with van der Waals surface area (Å²) in [5.74, 6) is 0.120. The van der Waals surface area contributed by atoms with Gasteiger partial charge in [-0.1, -0.05) is 28.1 Å². The summed E-state index contributed by atoms with van der Waals surface area (Å²) in [6, 6.07) is 11.5. The minimum absolute atomic E-state index is 0.138. The average molecular weight is 431 g/mol. The van der Waals surface area contributed by atoms with Crippen LogP contribution in [0, 0.1) is 13.8 Å². The third kappa shape index (κ3) is 4.22. The van der Waals surface area contributed by atoms with E-state index in [1.807, 2.05) is 37.3 Å². The predicted molar refractivity (Wildman–Crippen MR) is 106 cm³/mol. The summed E-state index contributed by atoms with van der Waals surface area (Å²) in [6.07, 6.45) is -0.138. The third-order valence-corrected chi connectivity index (χ3v) is 4.87. The molecule has 140 valence electrons. The number of esters is 1. The molecule has 0 amide bonds. The van der Waals surface area contributed by atoms with Gasteiger partial charge in [0.05, 0.1) is 24.5 Å². The van der Waals surface area contributed by atoms with Gasteiger partial charge in [0.2, 0.25) is 0 Å². The van der Waals surface area contributed by atoms with Gasteiger partial charge in [0.15, 0.2) is 0 Å². The Morgan fingerprint density at radius 2 is 1.85 bits per heavy atom. The van der Waals surface area contributed by atoms with Gasteiger partial charge in [0, 0.05) is 4.47 Å². The molecule has 0 bridgehead atoms. The van der Waals surface area contributed by atoms with E-state index in [1.54, 1.807) is 13.0 Å². The standard InChI is InChI=1S/C21H19BrO5/c1-12-8-17(26-11-14-4-6-15(22)7-5-14)20-13(2)16(10-19(23)25-3)21(24)27-18(20)9-12/h4-9H,10-11H2,1-3H3. The van der Waals surface area contributed by atoms with Crippen molar-refractivity contribution in [3.63, 3.8) is 0 Å². The molecule has 3 rings (SSSR count). The molecule has 1 aromatic heterocycles. The number of methoxy groups -OCH3 is 1. The Morgan fingerprint density at radius 3 is 2.52 bits per heavy atom. The molecular weight excluding hydrogens is 412 g/mol. The van der Waals surface area contributed by atoms with Crippen molar-refractivity contribution in [3.05, 3.63) is 73.5 Å². The Kier molecular flexibility index (Phi) is 5.65. The lowest BCUT2D eigenvalue weighted by molar-refractivity contribution is -0.139. The number of halogens is 1. The van der Waals surface area contributed by atoms with Gasteiger partial charge < -0.3 is 13.9 Å². The molecule has 0 aliphatic heterocycles. The normalized spacial score (nSPS) is 10.8. The first-order valence-corrected chi connectivity index (χ1v) is 9.19. The van der Waals surface area contributed by atoms with Crippen molar-refractivity contribution >= 4 is 32.9 Å². The van der Waals surface area contributed by atoms with Crippen LogP contribution in [0.3, 0.4) is 0 Å². The second kappa shape index (κ2) is 7.96. The first kappa shape index (κ1) is 19.2. The fourth-order valence-corrected chi connectivity index (χ4v) is 3.18. The van der Waals surface area contributed by atoms with Gasteiger partial charge >= 0.3 is 11.6 Å². The minimum Gasteiger partial charge on any atom is -0.488 e. The summed E-state index contributed by atoms with van der Waals surface area (Å²) in [6.45, 7) is 4.07. The number of carbonyl (C=O) groups excluding carboxylic acids is 1. The fraction of sp³-hybridized carbons (Fsp3) is 0.238. The Bertz CT molecular complexity index is 1050. The Balaban J connectivity index is 2.05. The number of rotatable bonds is 5. The Morgan fingerprint density at radius 1 is 1.15 bits per heavy atom. The highest BCUT2D eigenvalue weighted by Crippen LogP contribution is 2.32. The van der Waals surface area contributed by atoms with Gasteiger partial charge in [0.25, 0.3) is 0 Å². The number of fused-ring (bicyclic) bond motifs is 1. The lowest BCUT2D eigenvalue weighted by Crippen LogP contribution is -2.16. The molecule has 0 spiro atoms. The highest BCUT2D eigenvalue weighted by atomic mass is 79.9. The van der Waals surface area contributed by atoms with Gasteiger partial charge in [-0.05, 0) is 54.8 Å². The lowest BCUT2D eigenvalue weighted by Gasteiger charge is -2.14. The summed E-state index contributed by atoms with van der Waals surface area (Å²) < 4.78 is 17.2. The summed E-state index contributed by atoms with van der Waals surface area (Å²) in [7, 11) is 1.29. The fourth-order valence-electron chi connectivity index (χ4n) is 2.91. The van der Waals surface area contributed by atoms with Crippen LogP contribution in [0.1, 0.15) is 22.3 Å². The van der Waals surface area contributed by atoms with Crippen LogP contribution in [0.2, 0.25) is 0 Å². The topological polar surface area (TPSA) is 65.7 Å². The van der Waals surface area contributed by atoms with Crippen LogP contribution in [-0.2, 0) is 22.6 Å². The maximum absolute atomic E-state index is 12.3. The summed E-state index contributed by atoms with van der Waals surface area (Å²) in [4.78, 5) is 24.0. The Labute approximate surface area is 165 Å². The molecule has 5 nitrogen and oxygen atoms in total. The number of hydrogen-bond donors (Lipinski definition) is 0. The van der Waals surface area contributed by atoms with Crippen LogP contribution in [0.25, 0.3) is 11.0 Å². The van der Waals surface area contributed by atoms with Crippen molar-refractivity contribution in [1.29, 1.82) is 0 Å². The molecule has 0 N–H and O–H groups in total. The quantitative estimate of drug-likeness (QED) is 0.441. The number of benzene rings is 2. The van der Waals surface area contributed by atoms with Crippen molar-refractivity contribution in [3.8, 4) is 5.75 Å². The zero-order valence-electron chi connectivity index (χ0n) is 15.3. The molecule has 0 saturated carbocycles. The van der Waals surface area contributed by atoms with E-state index < -0.39 is 11.6 Å². The van der Waals surface area contributed by atoms with Crippen LogP contribution in [0.15, 0.2) is 50.1 Å². The van der Waals surface area contributed by atoms with E-state index >= 15 is 0 Å². The van der Waals surface area contributed by atoms with E-state index in [9.17, 15) is 9.59 Å². The largest absolute Gasteiger partial charge is 0.488 e. The maximum Gasteiger partial charge on any atom is 0.340 e. The molecule has 0 fully saturated rings. The van der Waals surface area contributed by atoms with Crippen LogP contribution in [0.4, 0.5) is 0 Å². The van der Waals surface area contributed by atoms with Gasteiger partial charge in [-0.3, -0.25) is 4.79 Å². The molecular formula is C21H19BrO5. The predicted octanol–water partition coefficient (Wildman–Crippen LogP) is 4.47. The summed E-state index contributed by atoms with van der Waals surface area (Å²) >= 11 is 3.41. The third-order valence-electron chi connectivity index (χ3n) is 4.34. The minimum atomic E-state index is -0.533. The van der Waals surface area contributed by atoms with Gasteiger partial charge in [0.1, 0.15) is 17.9 Å². The second-order valence-electron chi connectivity index (χ2n) is 6.30. The van der Waals surface area contributed by atoms with E-state index in [-0.39, 0.29) is 12.0 Å². The molecule has 3 aromatic rings. The molecule has 27 heavy (non-hydrogen) atoms. The van der Waals surface area contributed by atoms with Gasteiger partial charge in [-0.2, -0.15) is 0 Å². The molecule has 0 aliphatic rings. The first-order chi connectivity index (χ1) is 12.9. The highest BCUT2D eigenvalue weighted by Gasteiger charge is 2.18. The highest BCUT2D eigenvalue weighted by molar-refractivity contribution is 9.10. The lowest BCUT2D eigenvalue weighted by atomic mass is 10.0. The second-order valence-corrected chi connectivity index (χ2v) is 7.21. The van der Waals surface area contributed by atoms with Crippen LogP contribution in [0.5, 0.6) is 5.75 Å². The van der Waals surface area contributed by atoms with Crippen LogP contribution in [-0.4, -0.2) is 13.1 Å². The zero-order chi connectivity index (χ0) is 19.6. The summed E-state index contributed by atoms with van der Waals surface area (Å²) in [5, 5.41) is 0.691. The molecule has 0 unspecified atom stereocenters. The van der Waals surface area contributed by atoms with E-state index in [2.05, 4.69) is 20.7 Å². The molecule has 0 saturated heterocycles. The van der Waals surface area contributed by atoms with Crippen molar-refractivity contribution in [1.82, 2.24) is 0 Å². The number of ether oxygens (including phenoxy) is 2. The Hall–Kier alpha value is -2.60. The molecule has 0 atom stereocenters. The SMILES string of the molecule is COC(=O)Cc1c(C)c2c(OCc3ccc(Br)cc3)cc(C)cc2oc1=O. The number of aryl methyl sites for hydroxylation is 2. The average Bonchev–Trinajstić information content (AvgIpc) is 2.63. The van der Waals surface area contributed by atoms with Gasteiger partial charge in [-0.25, -0.2) is 4.79 Å². The van der Waals surface area contributed by atoms with E-state index in [0.717, 1.165) is 15.6 Å². The monoisotopic (exact) mass is 430 g/mol. The molecule has 0 radical (unpaired) electrons. The van der Waals surface area contributed by atoms with E-state index in [0.29, 0.717) is 28.9 Å². The van der Waals surface area contributed by atoms with Crippen molar-refractivity contribution in [2.24, 2.45) is 0 Å². The number of hydrogen-bond acceptors (Lipinski definition) is 5. The van der Waals surface area contributed by atoms with E-state index in [4.69, 9.17) is 9.15 Å². The molecule has 0 aliphatic carbocycles. The van der Waals surface area contributed by atoms with Crippen LogP contribution >= 0.6 is 15.9 Å². The smallest absolute Gasteiger partial charge is 0.340 e. The van der Waals surface area contributed by atoms with Crippen molar-refractivity contribution in [2.75, 3.05) is 7.11 Å². The molecule has 2 aromatic carbocycles. The molecule has 1 heterocycles. The number of carbonyl (C=O) groups is 1.